The van der Waals surface area contributed by atoms with E-state index in [1.807, 2.05) is 13.3 Å². The van der Waals surface area contributed by atoms with Crippen LogP contribution in [0.3, 0.4) is 0 Å². The Morgan fingerprint density at radius 1 is 0.977 bits per heavy atom. The number of amides is 1. The van der Waals surface area contributed by atoms with Crippen LogP contribution >= 0.6 is 11.8 Å². The highest BCUT2D eigenvalue weighted by Gasteiger charge is 2.49. The van der Waals surface area contributed by atoms with Crippen molar-refractivity contribution in [3.05, 3.63) is 12.7 Å². The molecule has 0 aliphatic carbocycles. The molecule has 3 N–H and O–H groups in total. The van der Waals surface area contributed by atoms with Crippen molar-refractivity contribution >= 4 is 23.6 Å². The van der Waals surface area contributed by atoms with Gasteiger partial charge in [-0.2, -0.15) is 0 Å². The Morgan fingerprint density at radius 3 is 2.09 bits per heavy atom. The zero-order chi connectivity index (χ0) is 31.6. The Balaban J connectivity index is 1.72. The van der Waals surface area contributed by atoms with Gasteiger partial charge < -0.3 is 25.0 Å². The topological polar surface area (TPSA) is 108 Å². The molecule has 2 unspecified atom stereocenters. The van der Waals surface area contributed by atoms with E-state index in [9.17, 15) is 19.8 Å². The van der Waals surface area contributed by atoms with E-state index in [4.69, 9.17) is 9.47 Å². The van der Waals surface area contributed by atoms with Crippen molar-refractivity contribution in [1.82, 2.24) is 10.2 Å². The van der Waals surface area contributed by atoms with Gasteiger partial charge in [-0.1, -0.05) is 103 Å². The number of aliphatic hydroxyl groups is 2. The van der Waals surface area contributed by atoms with Gasteiger partial charge in [0.25, 0.3) is 0 Å². The number of nitrogens with zero attached hydrogens (tertiary/aromatic N) is 1. The SMILES string of the molecule is C=C[C@@H](NC(=O)[C@@H]1C[C@@H](CCC)CN1C)C1O[C@H](SC)C(OC(=O)CCCCCCCCCCCCCCC)[C@H](O)[C@H]1O. The monoisotopic (exact) mass is 626 g/mol. The molecule has 2 saturated heterocycles. The second-order valence-corrected chi connectivity index (χ2v) is 13.7. The van der Waals surface area contributed by atoms with Gasteiger partial charge in [0.2, 0.25) is 5.91 Å². The molecular formula is C34H62N2O6S. The van der Waals surface area contributed by atoms with Crippen molar-refractivity contribution in [2.45, 2.75) is 165 Å². The molecule has 0 bridgehead atoms. The predicted molar refractivity (Wildman–Crippen MR) is 176 cm³/mol. The number of likely N-dealkylation sites (tertiary alicyclic amines) is 1. The van der Waals surface area contributed by atoms with Gasteiger partial charge in [0.1, 0.15) is 23.7 Å². The molecule has 0 aromatic heterocycles. The number of esters is 1. The van der Waals surface area contributed by atoms with Gasteiger partial charge in [0.05, 0.1) is 12.1 Å². The molecule has 0 radical (unpaired) electrons. The lowest BCUT2D eigenvalue weighted by Crippen LogP contribution is -2.63. The fourth-order valence-electron chi connectivity index (χ4n) is 6.54. The van der Waals surface area contributed by atoms with Crippen molar-refractivity contribution in [3.8, 4) is 0 Å². The third-order valence-electron chi connectivity index (χ3n) is 9.12. The Hall–Kier alpha value is -1.13. The Kier molecular flexibility index (Phi) is 19.1. The second-order valence-electron chi connectivity index (χ2n) is 12.7. The first-order chi connectivity index (χ1) is 20.8. The summed E-state index contributed by atoms with van der Waals surface area (Å²) in [6.07, 6.45) is 18.0. The quantitative estimate of drug-likeness (QED) is 0.0765. The van der Waals surface area contributed by atoms with E-state index in [0.29, 0.717) is 5.92 Å². The number of hydrogen-bond donors (Lipinski definition) is 3. The van der Waals surface area contributed by atoms with Crippen LogP contribution in [0.1, 0.15) is 123 Å². The van der Waals surface area contributed by atoms with Crippen molar-refractivity contribution < 1.29 is 29.3 Å². The van der Waals surface area contributed by atoms with Crippen LogP contribution in [0.5, 0.6) is 0 Å². The van der Waals surface area contributed by atoms with Crippen molar-refractivity contribution in [3.63, 3.8) is 0 Å². The zero-order valence-corrected chi connectivity index (χ0v) is 28.3. The molecule has 0 spiro atoms. The Bertz CT molecular complexity index is 799. The molecule has 43 heavy (non-hydrogen) atoms. The number of carbonyl (C=O) groups is 2. The van der Waals surface area contributed by atoms with Gasteiger partial charge in [-0.25, -0.2) is 0 Å². The first-order valence-corrected chi connectivity index (χ1v) is 18.4. The van der Waals surface area contributed by atoms with E-state index >= 15 is 0 Å². The number of unbranched alkanes of at least 4 members (excludes halogenated alkanes) is 12. The molecule has 250 valence electrons. The molecule has 9 heteroatoms. The number of carbonyl (C=O) groups excluding carboxylic acids is 2. The van der Waals surface area contributed by atoms with E-state index in [1.165, 1.54) is 82.0 Å². The third-order valence-corrected chi connectivity index (χ3v) is 9.96. The van der Waals surface area contributed by atoms with Crippen LogP contribution in [-0.4, -0.2) is 88.8 Å². The van der Waals surface area contributed by atoms with Crippen molar-refractivity contribution in [2.24, 2.45) is 5.92 Å². The summed E-state index contributed by atoms with van der Waals surface area (Å²) in [7, 11) is 1.96. The number of nitrogens with one attached hydrogen (secondary N) is 1. The molecule has 0 aromatic carbocycles. The first kappa shape index (κ1) is 38.1. The van der Waals surface area contributed by atoms with E-state index < -0.39 is 35.9 Å². The second kappa shape index (κ2) is 21.6. The zero-order valence-electron chi connectivity index (χ0n) is 27.5. The largest absolute Gasteiger partial charge is 0.456 e. The molecule has 0 saturated carbocycles. The fourth-order valence-corrected chi connectivity index (χ4v) is 7.26. The number of thioether (sulfide) groups is 1. The Morgan fingerprint density at radius 2 is 1.56 bits per heavy atom. The maximum Gasteiger partial charge on any atom is 0.306 e. The molecule has 0 aromatic rings. The average molecular weight is 627 g/mol. The lowest BCUT2D eigenvalue weighted by molar-refractivity contribution is -0.216. The van der Waals surface area contributed by atoms with Crippen molar-refractivity contribution in [2.75, 3.05) is 19.8 Å². The van der Waals surface area contributed by atoms with Crippen LogP contribution in [0.2, 0.25) is 0 Å². The molecular weight excluding hydrogens is 564 g/mol. The van der Waals surface area contributed by atoms with Crippen LogP contribution in [-0.2, 0) is 19.1 Å². The average Bonchev–Trinajstić information content (AvgIpc) is 3.37. The van der Waals surface area contributed by atoms with Gasteiger partial charge in [0.15, 0.2) is 6.10 Å². The molecule has 2 heterocycles. The number of likely N-dealkylation sites (N-methyl/N-ethyl adjacent to an activating group) is 1. The molecule has 2 rings (SSSR count). The minimum atomic E-state index is -1.35. The standard InChI is InChI=1S/C34H62N2O6S/c1-6-9-10-11-12-13-14-15-16-17-18-19-20-22-28(37)41-32-30(39)29(38)31(42-34(32)43-5)26(8-3)35-33(40)27-23-25(21-7-2)24-36(27)4/h8,25-27,29-32,34,38-39H,3,6-7,9-24H2,1-2,4-5H3,(H,35,40)/t25-,26-,27+,29-,30-,31?,32?,34-/m1/s1. The van der Waals surface area contributed by atoms with Crippen LogP contribution in [0.15, 0.2) is 12.7 Å². The first-order valence-electron chi connectivity index (χ1n) is 17.1. The van der Waals surface area contributed by atoms with Gasteiger partial charge in [-0.05, 0) is 38.5 Å². The molecule has 2 aliphatic heterocycles. The molecule has 8 atom stereocenters. The normalized spacial score (nSPS) is 28.5. The fraction of sp³-hybridized carbons (Fsp3) is 0.882. The number of ether oxygens (including phenoxy) is 2. The third kappa shape index (κ3) is 13.0. The van der Waals surface area contributed by atoms with E-state index in [2.05, 4.69) is 30.6 Å². The van der Waals surface area contributed by atoms with Crippen LogP contribution in [0.4, 0.5) is 0 Å². The Labute approximate surface area is 266 Å². The maximum absolute atomic E-state index is 13.2. The summed E-state index contributed by atoms with van der Waals surface area (Å²) in [5.41, 5.74) is -0.679. The lowest BCUT2D eigenvalue weighted by Gasteiger charge is -2.44. The highest BCUT2D eigenvalue weighted by Crippen LogP contribution is 2.32. The molecule has 2 fully saturated rings. The smallest absolute Gasteiger partial charge is 0.306 e. The summed E-state index contributed by atoms with van der Waals surface area (Å²) >= 11 is 1.31. The number of rotatable bonds is 22. The summed E-state index contributed by atoms with van der Waals surface area (Å²) in [5.74, 6) is -0.0365. The molecule has 1 amide bonds. The predicted octanol–water partition coefficient (Wildman–Crippen LogP) is 5.98. The minimum Gasteiger partial charge on any atom is -0.456 e. The lowest BCUT2D eigenvalue weighted by atomic mass is 9.94. The van der Waals surface area contributed by atoms with E-state index in [-0.39, 0.29) is 24.3 Å². The van der Waals surface area contributed by atoms with E-state index in [0.717, 1.165) is 45.1 Å². The number of hydrogen-bond acceptors (Lipinski definition) is 8. The maximum atomic E-state index is 13.2. The van der Waals surface area contributed by atoms with Gasteiger partial charge >= 0.3 is 5.97 Å². The van der Waals surface area contributed by atoms with Gasteiger partial charge in [-0.3, -0.25) is 14.5 Å². The number of aliphatic hydroxyl groups excluding tert-OH is 2. The molecule has 2 aliphatic rings. The van der Waals surface area contributed by atoms with E-state index in [1.54, 1.807) is 0 Å². The summed E-state index contributed by atoms with van der Waals surface area (Å²) in [6, 6.07) is -0.951. The molecule has 8 nitrogen and oxygen atoms in total. The van der Waals surface area contributed by atoms with Crippen molar-refractivity contribution in [1.29, 1.82) is 0 Å². The van der Waals surface area contributed by atoms with Gasteiger partial charge in [0, 0.05) is 13.0 Å². The van der Waals surface area contributed by atoms with Crippen LogP contribution in [0.25, 0.3) is 0 Å². The van der Waals surface area contributed by atoms with Crippen LogP contribution in [0, 0.1) is 5.92 Å². The summed E-state index contributed by atoms with van der Waals surface area (Å²) in [6.45, 7) is 9.14. The minimum absolute atomic E-state index is 0.136. The van der Waals surface area contributed by atoms with Gasteiger partial charge in [-0.15, -0.1) is 18.3 Å². The highest BCUT2D eigenvalue weighted by atomic mass is 32.2. The summed E-state index contributed by atoms with van der Waals surface area (Å²) < 4.78 is 11.8. The summed E-state index contributed by atoms with van der Waals surface area (Å²) in [5, 5.41) is 25.0. The summed E-state index contributed by atoms with van der Waals surface area (Å²) in [4.78, 5) is 27.9. The van der Waals surface area contributed by atoms with Crippen LogP contribution < -0.4 is 5.32 Å². The highest BCUT2D eigenvalue weighted by molar-refractivity contribution is 7.99.